The first-order valence-electron chi connectivity index (χ1n) is 5.31. The highest BCUT2D eigenvalue weighted by Crippen LogP contribution is 2.25. The summed E-state index contributed by atoms with van der Waals surface area (Å²) in [5.41, 5.74) is 2.65. The van der Waals surface area contributed by atoms with Crippen molar-refractivity contribution in [1.82, 2.24) is 9.97 Å². The average molecular weight is 216 g/mol. The smallest absolute Gasteiger partial charge is 0.248 e. The summed E-state index contributed by atoms with van der Waals surface area (Å²) in [4.78, 5) is 8.76. The molecule has 82 valence electrons. The Hall–Kier alpha value is -1.84. The molecule has 4 heteroatoms. The van der Waals surface area contributed by atoms with Gasteiger partial charge < -0.3 is 8.83 Å². The van der Waals surface area contributed by atoms with Gasteiger partial charge in [-0.2, -0.15) is 4.98 Å². The number of rotatable bonds is 1. The second-order valence-corrected chi connectivity index (χ2v) is 4.26. The Balaban J connectivity index is 2.31. The van der Waals surface area contributed by atoms with Crippen LogP contribution in [0.3, 0.4) is 0 Å². The molecule has 0 aliphatic heterocycles. The fourth-order valence-electron chi connectivity index (χ4n) is 1.71. The number of furan rings is 2. The topological polar surface area (TPSA) is 52.1 Å². The van der Waals surface area contributed by atoms with E-state index in [1.165, 1.54) is 0 Å². The van der Waals surface area contributed by atoms with Crippen LogP contribution in [0.2, 0.25) is 0 Å². The highest BCUT2D eigenvalue weighted by Gasteiger charge is 2.12. The molecule has 0 spiro atoms. The van der Waals surface area contributed by atoms with E-state index < -0.39 is 0 Å². The molecule has 0 aliphatic rings. The van der Waals surface area contributed by atoms with Crippen LogP contribution in [0.5, 0.6) is 0 Å². The van der Waals surface area contributed by atoms with E-state index in [4.69, 9.17) is 8.83 Å². The summed E-state index contributed by atoms with van der Waals surface area (Å²) in [7, 11) is 0. The molecule has 0 saturated carbocycles. The standard InChI is InChI=1S/C12H12N2O2/c1-6(2)10-5-9-12(16-10)14-11-8(13-9)4-7(3)15-11/h4-6H,1-3H3. The van der Waals surface area contributed by atoms with Crippen molar-refractivity contribution in [3.05, 3.63) is 23.7 Å². The third-order valence-corrected chi connectivity index (χ3v) is 2.54. The van der Waals surface area contributed by atoms with Crippen molar-refractivity contribution in [3.63, 3.8) is 0 Å². The SMILES string of the molecule is Cc1cc2nc3cc(C(C)C)oc3nc2o1. The summed E-state index contributed by atoms with van der Waals surface area (Å²) >= 11 is 0. The van der Waals surface area contributed by atoms with Crippen LogP contribution >= 0.6 is 0 Å². The summed E-state index contributed by atoms with van der Waals surface area (Å²) in [5.74, 6) is 2.05. The van der Waals surface area contributed by atoms with Gasteiger partial charge in [-0.05, 0) is 6.92 Å². The van der Waals surface area contributed by atoms with Gasteiger partial charge in [0.1, 0.15) is 22.6 Å². The van der Waals surface area contributed by atoms with E-state index >= 15 is 0 Å². The van der Waals surface area contributed by atoms with Gasteiger partial charge in [0.05, 0.1) is 0 Å². The van der Waals surface area contributed by atoms with Crippen molar-refractivity contribution in [2.75, 3.05) is 0 Å². The van der Waals surface area contributed by atoms with Gasteiger partial charge in [-0.3, -0.25) is 0 Å². The van der Waals surface area contributed by atoms with Crippen LogP contribution in [0.1, 0.15) is 31.3 Å². The lowest BCUT2D eigenvalue weighted by Gasteiger charge is -1.95. The van der Waals surface area contributed by atoms with E-state index in [0.29, 0.717) is 17.3 Å². The highest BCUT2D eigenvalue weighted by atomic mass is 16.4. The molecule has 3 heterocycles. The number of aryl methyl sites for hydroxylation is 1. The second-order valence-electron chi connectivity index (χ2n) is 4.26. The quantitative estimate of drug-likeness (QED) is 0.625. The van der Waals surface area contributed by atoms with Crippen molar-refractivity contribution in [3.8, 4) is 0 Å². The zero-order chi connectivity index (χ0) is 11.3. The Labute approximate surface area is 92.3 Å². The third kappa shape index (κ3) is 1.30. The average Bonchev–Trinajstić information content (AvgIpc) is 2.74. The highest BCUT2D eigenvalue weighted by molar-refractivity contribution is 5.81. The minimum absolute atomic E-state index is 0.337. The predicted octanol–water partition coefficient (Wildman–Crippen LogP) is 3.40. The van der Waals surface area contributed by atoms with E-state index in [-0.39, 0.29) is 0 Å². The van der Waals surface area contributed by atoms with E-state index in [1.807, 2.05) is 19.1 Å². The van der Waals surface area contributed by atoms with Crippen LogP contribution in [-0.4, -0.2) is 9.97 Å². The number of hydrogen-bond donors (Lipinski definition) is 0. The molecule has 0 N–H and O–H groups in total. The number of aromatic nitrogens is 2. The Morgan fingerprint density at radius 1 is 1.00 bits per heavy atom. The molecule has 3 aromatic heterocycles. The number of nitrogens with zero attached hydrogens (tertiary/aromatic N) is 2. The van der Waals surface area contributed by atoms with Gasteiger partial charge in [-0.1, -0.05) is 13.8 Å². The van der Waals surface area contributed by atoms with E-state index in [9.17, 15) is 0 Å². The molecular weight excluding hydrogens is 204 g/mol. The molecule has 0 bridgehead atoms. The molecule has 0 amide bonds. The van der Waals surface area contributed by atoms with Gasteiger partial charge in [0.15, 0.2) is 0 Å². The molecule has 0 aromatic carbocycles. The van der Waals surface area contributed by atoms with Crippen LogP contribution in [0.4, 0.5) is 0 Å². The van der Waals surface area contributed by atoms with Crippen molar-refractivity contribution < 1.29 is 8.83 Å². The molecule has 0 fully saturated rings. The van der Waals surface area contributed by atoms with Crippen molar-refractivity contribution in [2.24, 2.45) is 0 Å². The number of fused-ring (bicyclic) bond motifs is 2. The fourth-order valence-corrected chi connectivity index (χ4v) is 1.71. The molecule has 0 aliphatic carbocycles. The lowest BCUT2D eigenvalue weighted by atomic mass is 10.2. The monoisotopic (exact) mass is 216 g/mol. The maximum atomic E-state index is 5.61. The zero-order valence-corrected chi connectivity index (χ0v) is 9.44. The van der Waals surface area contributed by atoms with Gasteiger partial charge in [0.2, 0.25) is 11.4 Å². The van der Waals surface area contributed by atoms with Crippen molar-refractivity contribution in [1.29, 1.82) is 0 Å². The maximum Gasteiger partial charge on any atom is 0.248 e. The summed E-state index contributed by atoms with van der Waals surface area (Å²) in [6, 6.07) is 3.82. The summed E-state index contributed by atoms with van der Waals surface area (Å²) < 4.78 is 11.0. The maximum absolute atomic E-state index is 5.61. The second kappa shape index (κ2) is 3.07. The van der Waals surface area contributed by atoms with E-state index in [2.05, 4.69) is 23.8 Å². The Bertz CT molecular complexity index is 613. The molecule has 0 atom stereocenters. The first-order chi connectivity index (χ1) is 7.63. The lowest BCUT2D eigenvalue weighted by Crippen LogP contribution is -1.79. The summed E-state index contributed by atoms with van der Waals surface area (Å²) in [6.45, 7) is 6.03. The largest absolute Gasteiger partial charge is 0.442 e. The number of hydrogen-bond acceptors (Lipinski definition) is 4. The fraction of sp³-hybridized carbons (Fsp3) is 0.333. The Morgan fingerprint density at radius 3 is 2.44 bits per heavy atom. The van der Waals surface area contributed by atoms with Gasteiger partial charge >= 0.3 is 0 Å². The molecular formula is C12H12N2O2. The molecule has 0 saturated heterocycles. The molecule has 16 heavy (non-hydrogen) atoms. The third-order valence-electron chi connectivity index (χ3n) is 2.54. The van der Waals surface area contributed by atoms with Gasteiger partial charge in [-0.25, -0.2) is 4.98 Å². The molecule has 0 radical (unpaired) electrons. The van der Waals surface area contributed by atoms with Gasteiger partial charge in [0, 0.05) is 18.1 Å². The minimum atomic E-state index is 0.337. The summed E-state index contributed by atoms with van der Waals surface area (Å²) in [6.07, 6.45) is 0. The first-order valence-corrected chi connectivity index (χ1v) is 5.31. The molecule has 3 rings (SSSR count). The first kappa shape index (κ1) is 9.39. The predicted molar refractivity (Wildman–Crippen MR) is 60.4 cm³/mol. The van der Waals surface area contributed by atoms with Crippen LogP contribution in [0.25, 0.3) is 22.5 Å². The Morgan fingerprint density at radius 2 is 1.69 bits per heavy atom. The zero-order valence-electron chi connectivity index (χ0n) is 9.44. The van der Waals surface area contributed by atoms with Crippen LogP contribution in [0, 0.1) is 6.92 Å². The van der Waals surface area contributed by atoms with Crippen LogP contribution in [0.15, 0.2) is 21.0 Å². The Kier molecular flexibility index (Phi) is 1.80. The molecule has 3 aromatic rings. The van der Waals surface area contributed by atoms with E-state index in [0.717, 1.165) is 22.6 Å². The lowest BCUT2D eigenvalue weighted by molar-refractivity contribution is 0.509. The van der Waals surface area contributed by atoms with Crippen LogP contribution < -0.4 is 0 Å². The van der Waals surface area contributed by atoms with Crippen LogP contribution in [-0.2, 0) is 0 Å². The van der Waals surface area contributed by atoms with Gasteiger partial charge in [0.25, 0.3) is 0 Å². The van der Waals surface area contributed by atoms with Gasteiger partial charge in [-0.15, -0.1) is 0 Å². The molecule has 4 nitrogen and oxygen atoms in total. The van der Waals surface area contributed by atoms with Crippen molar-refractivity contribution in [2.45, 2.75) is 26.7 Å². The normalized spacial score (nSPS) is 12.0. The van der Waals surface area contributed by atoms with E-state index in [1.54, 1.807) is 0 Å². The molecule has 0 unspecified atom stereocenters. The minimum Gasteiger partial charge on any atom is -0.442 e. The van der Waals surface area contributed by atoms with Crippen molar-refractivity contribution >= 4 is 22.5 Å². The summed E-state index contributed by atoms with van der Waals surface area (Å²) in [5, 5.41) is 0.